The number of allylic oxidation sites excluding steroid dienone is 1. The van der Waals surface area contributed by atoms with E-state index in [-0.39, 0.29) is 0 Å². The summed E-state index contributed by atoms with van der Waals surface area (Å²) in [5.74, 6) is 0. The minimum atomic E-state index is 0.771. The summed E-state index contributed by atoms with van der Waals surface area (Å²) in [5.41, 5.74) is 1.05. The van der Waals surface area contributed by atoms with Crippen LogP contribution in [0.15, 0.2) is 84.9 Å². The molecule has 1 heteroatoms. The average molecular weight is 260 g/mol. The van der Waals surface area contributed by atoms with E-state index >= 15 is 0 Å². The van der Waals surface area contributed by atoms with Crippen molar-refractivity contribution in [1.29, 1.82) is 0 Å². The molecule has 0 N–H and O–H groups in total. The van der Waals surface area contributed by atoms with Gasteiger partial charge in [0.15, 0.2) is 0 Å². The SMILES string of the molecule is O=CC=Cc1ccccc1.c1ccc2ccccc2c1. The maximum Gasteiger partial charge on any atom is 0.142 e. The van der Waals surface area contributed by atoms with E-state index in [2.05, 4.69) is 48.5 Å². The molecule has 3 rings (SSSR count). The van der Waals surface area contributed by atoms with E-state index in [0.717, 1.165) is 11.8 Å². The number of aldehydes is 1. The molecule has 0 heterocycles. The third-order valence-electron chi connectivity index (χ3n) is 2.83. The van der Waals surface area contributed by atoms with Crippen LogP contribution in [-0.4, -0.2) is 6.29 Å². The highest BCUT2D eigenvalue weighted by atomic mass is 16.1. The van der Waals surface area contributed by atoms with Crippen molar-refractivity contribution >= 4 is 23.1 Å². The zero-order chi connectivity index (χ0) is 14.0. The van der Waals surface area contributed by atoms with Crippen LogP contribution >= 0.6 is 0 Å². The van der Waals surface area contributed by atoms with Gasteiger partial charge in [-0.2, -0.15) is 0 Å². The highest BCUT2D eigenvalue weighted by Gasteiger charge is 1.85. The van der Waals surface area contributed by atoms with E-state index in [0.29, 0.717) is 0 Å². The monoisotopic (exact) mass is 260 g/mol. The van der Waals surface area contributed by atoms with Crippen LogP contribution in [0, 0.1) is 0 Å². The largest absolute Gasteiger partial charge is 0.299 e. The first kappa shape index (κ1) is 13.8. The fraction of sp³-hybridized carbons (Fsp3) is 0. The molecule has 0 aliphatic heterocycles. The molecule has 20 heavy (non-hydrogen) atoms. The Hall–Kier alpha value is -2.67. The van der Waals surface area contributed by atoms with E-state index in [1.54, 1.807) is 6.08 Å². The molecule has 1 nitrogen and oxygen atoms in total. The lowest BCUT2D eigenvalue weighted by molar-refractivity contribution is -0.104. The van der Waals surface area contributed by atoms with Gasteiger partial charge in [-0.05, 0) is 22.4 Å². The maximum atomic E-state index is 9.89. The van der Waals surface area contributed by atoms with Crippen LogP contribution < -0.4 is 0 Å². The number of carbonyl (C=O) groups excluding carboxylic acids is 1. The molecule has 0 radical (unpaired) electrons. The van der Waals surface area contributed by atoms with Gasteiger partial charge in [0.25, 0.3) is 0 Å². The summed E-state index contributed by atoms with van der Waals surface area (Å²) >= 11 is 0. The molecule has 0 spiro atoms. The summed E-state index contributed by atoms with van der Waals surface area (Å²) in [6.07, 6.45) is 4.02. The first-order chi connectivity index (χ1) is 9.90. The molecule has 0 aliphatic rings. The van der Waals surface area contributed by atoms with Gasteiger partial charge in [-0.3, -0.25) is 4.79 Å². The molecule has 0 amide bonds. The molecule has 0 saturated carbocycles. The third-order valence-corrected chi connectivity index (χ3v) is 2.83. The Bertz CT molecular complexity index is 619. The lowest BCUT2D eigenvalue weighted by Crippen LogP contribution is -1.67. The van der Waals surface area contributed by atoms with Crippen molar-refractivity contribution < 1.29 is 4.79 Å². The summed E-state index contributed by atoms with van der Waals surface area (Å²) in [5, 5.41) is 2.62. The normalized spacial score (nSPS) is 10.0. The van der Waals surface area contributed by atoms with Crippen LogP contribution in [0.3, 0.4) is 0 Å². The Labute approximate surface area is 119 Å². The van der Waals surface area contributed by atoms with Crippen molar-refractivity contribution in [3.63, 3.8) is 0 Å². The Morgan fingerprint density at radius 2 is 1.05 bits per heavy atom. The van der Waals surface area contributed by atoms with Gasteiger partial charge in [0.2, 0.25) is 0 Å². The second-order valence-electron chi connectivity index (χ2n) is 4.25. The van der Waals surface area contributed by atoms with Crippen molar-refractivity contribution in [3.05, 3.63) is 90.5 Å². The summed E-state index contributed by atoms with van der Waals surface area (Å²) in [6.45, 7) is 0. The van der Waals surface area contributed by atoms with E-state index in [1.807, 2.05) is 30.3 Å². The van der Waals surface area contributed by atoms with Gasteiger partial charge in [-0.25, -0.2) is 0 Å². The lowest BCUT2D eigenvalue weighted by Gasteiger charge is -1.92. The number of carbonyl (C=O) groups is 1. The van der Waals surface area contributed by atoms with Gasteiger partial charge in [-0.1, -0.05) is 84.9 Å². The molecule has 0 saturated heterocycles. The lowest BCUT2D eigenvalue weighted by atomic mass is 10.1. The van der Waals surface area contributed by atoms with Crippen LogP contribution in [-0.2, 0) is 4.79 Å². The summed E-state index contributed by atoms with van der Waals surface area (Å²) in [6, 6.07) is 26.4. The number of rotatable bonds is 2. The van der Waals surface area contributed by atoms with Crippen molar-refractivity contribution in [2.75, 3.05) is 0 Å². The van der Waals surface area contributed by atoms with Gasteiger partial charge in [0.1, 0.15) is 6.29 Å². The molecule has 0 fully saturated rings. The fourth-order valence-corrected chi connectivity index (χ4v) is 1.85. The number of hydrogen-bond acceptors (Lipinski definition) is 1. The second-order valence-corrected chi connectivity index (χ2v) is 4.25. The van der Waals surface area contributed by atoms with E-state index in [1.165, 1.54) is 16.8 Å². The topological polar surface area (TPSA) is 17.1 Å². The number of benzene rings is 3. The van der Waals surface area contributed by atoms with Crippen molar-refractivity contribution in [1.82, 2.24) is 0 Å². The predicted octanol–water partition coefficient (Wildman–Crippen LogP) is 4.74. The Kier molecular flexibility index (Phi) is 5.29. The molecule has 3 aromatic carbocycles. The van der Waals surface area contributed by atoms with Gasteiger partial charge < -0.3 is 0 Å². The Morgan fingerprint density at radius 1 is 0.600 bits per heavy atom. The Balaban J connectivity index is 0.000000147. The maximum absolute atomic E-state index is 9.89. The summed E-state index contributed by atoms with van der Waals surface area (Å²) in [7, 11) is 0. The quantitative estimate of drug-likeness (QED) is 0.480. The zero-order valence-electron chi connectivity index (χ0n) is 11.1. The van der Waals surface area contributed by atoms with Gasteiger partial charge in [0, 0.05) is 0 Å². The fourth-order valence-electron chi connectivity index (χ4n) is 1.85. The highest BCUT2D eigenvalue weighted by molar-refractivity contribution is 5.82. The van der Waals surface area contributed by atoms with Crippen LogP contribution in [0.4, 0.5) is 0 Å². The van der Waals surface area contributed by atoms with Crippen molar-refractivity contribution in [3.8, 4) is 0 Å². The summed E-state index contributed by atoms with van der Waals surface area (Å²) in [4.78, 5) is 9.89. The van der Waals surface area contributed by atoms with Gasteiger partial charge in [-0.15, -0.1) is 0 Å². The molecule has 0 unspecified atom stereocenters. The molecule has 3 aromatic rings. The van der Waals surface area contributed by atoms with Crippen LogP contribution in [0.2, 0.25) is 0 Å². The van der Waals surface area contributed by atoms with E-state index in [9.17, 15) is 4.79 Å². The molecule has 0 bridgehead atoms. The summed E-state index contributed by atoms with van der Waals surface area (Å²) < 4.78 is 0. The van der Waals surface area contributed by atoms with Crippen LogP contribution in [0.1, 0.15) is 5.56 Å². The predicted molar refractivity (Wildman–Crippen MR) is 85.5 cm³/mol. The number of fused-ring (bicyclic) bond motifs is 1. The van der Waals surface area contributed by atoms with Gasteiger partial charge >= 0.3 is 0 Å². The van der Waals surface area contributed by atoms with E-state index in [4.69, 9.17) is 0 Å². The second kappa shape index (κ2) is 7.70. The average Bonchev–Trinajstić information content (AvgIpc) is 2.55. The standard InChI is InChI=1S/C10H8.C9H8O/c1-2-6-10-8-4-3-7-9(10)5-1;10-8-4-7-9-5-2-1-3-6-9/h2*1-8H. The van der Waals surface area contributed by atoms with E-state index < -0.39 is 0 Å². The third kappa shape index (κ3) is 4.21. The Morgan fingerprint density at radius 3 is 1.50 bits per heavy atom. The van der Waals surface area contributed by atoms with Gasteiger partial charge in [0.05, 0.1) is 0 Å². The first-order valence-electron chi connectivity index (χ1n) is 6.51. The minimum absolute atomic E-state index is 0.771. The van der Waals surface area contributed by atoms with Crippen LogP contribution in [0.5, 0.6) is 0 Å². The molecular weight excluding hydrogens is 244 g/mol. The number of hydrogen-bond donors (Lipinski definition) is 0. The molecule has 98 valence electrons. The highest BCUT2D eigenvalue weighted by Crippen LogP contribution is 2.11. The smallest absolute Gasteiger partial charge is 0.142 e. The zero-order valence-corrected chi connectivity index (χ0v) is 11.1. The van der Waals surface area contributed by atoms with Crippen molar-refractivity contribution in [2.24, 2.45) is 0 Å². The van der Waals surface area contributed by atoms with Crippen LogP contribution in [0.25, 0.3) is 16.8 Å². The molecule has 0 atom stereocenters. The first-order valence-corrected chi connectivity index (χ1v) is 6.51. The molecule has 0 aliphatic carbocycles. The molecular formula is C19H16O. The minimum Gasteiger partial charge on any atom is -0.299 e. The molecule has 0 aromatic heterocycles. The van der Waals surface area contributed by atoms with Crippen molar-refractivity contribution in [2.45, 2.75) is 0 Å².